The summed E-state index contributed by atoms with van der Waals surface area (Å²) in [6.45, 7) is 2.40. The van der Waals surface area contributed by atoms with E-state index in [1.807, 2.05) is 7.05 Å². The van der Waals surface area contributed by atoms with E-state index in [4.69, 9.17) is 0 Å². The number of nitrogens with one attached hydrogen (secondary N) is 1. The van der Waals surface area contributed by atoms with Crippen molar-refractivity contribution in [3.05, 3.63) is 35.4 Å². The average molecular weight is 486 g/mol. The van der Waals surface area contributed by atoms with Gasteiger partial charge >= 0.3 is 5.97 Å². The van der Waals surface area contributed by atoms with E-state index < -0.39 is 10.0 Å². The summed E-state index contributed by atoms with van der Waals surface area (Å²) in [5, 5.41) is 10.7. The number of esters is 1. The number of carbonyl (C=O) groups excluding carboxylic acids is 2. The fourth-order valence-electron chi connectivity index (χ4n) is 2.79. The molecule has 2 aromatic rings. The van der Waals surface area contributed by atoms with Gasteiger partial charge in [-0.1, -0.05) is 35.2 Å². The Kier molecular flexibility index (Phi) is 8.00. The van der Waals surface area contributed by atoms with Gasteiger partial charge in [0.1, 0.15) is 0 Å². The first kappa shape index (κ1) is 23.6. The number of piperazine rings is 1. The molecule has 0 aliphatic carbocycles. The minimum absolute atomic E-state index is 0.101. The molecule has 1 fully saturated rings. The molecule has 1 N–H and O–H groups in total. The van der Waals surface area contributed by atoms with Crippen LogP contribution in [0.15, 0.2) is 28.6 Å². The molecule has 1 aliphatic rings. The van der Waals surface area contributed by atoms with Crippen LogP contribution in [0.1, 0.15) is 15.9 Å². The lowest BCUT2D eigenvalue weighted by Crippen LogP contribution is -2.47. The minimum Gasteiger partial charge on any atom is -0.468 e. The summed E-state index contributed by atoms with van der Waals surface area (Å²) in [5.41, 5.74) is 0.993. The van der Waals surface area contributed by atoms with Crippen LogP contribution in [0.25, 0.3) is 0 Å². The molecule has 168 valence electrons. The molecule has 13 heteroatoms. The number of hydrogen-bond donors (Lipinski definition) is 1. The molecular formula is C18H23N5O5S3. The van der Waals surface area contributed by atoms with Crippen molar-refractivity contribution in [2.75, 3.05) is 51.4 Å². The number of benzene rings is 1. The summed E-state index contributed by atoms with van der Waals surface area (Å²) >= 11 is 2.32. The van der Waals surface area contributed by atoms with E-state index in [0.29, 0.717) is 46.8 Å². The summed E-state index contributed by atoms with van der Waals surface area (Å²) in [4.78, 5) is 25.7. The molecule has 0 saturated carbocycles. The molecular weight excluding hydrogens is 462 g/mol. The van der Waals surface area contributed by atoms with Crippen LogP contribution < -0.4 is 5.32 Å². The predicted octanol–water partition coefficient (Wildman–Crippen LogP) is 1.13. The molecule has 10 nitrogen and oxygen atoms in total. The maximum Gasteiger partial charge on any atom is 0.316 e. The summed E-state index contributed by atoms with van der Waals surface area (Å²) in [5.74, 6) is -0.748. The van der Waals surface area contributed by atoms with Gasteiger partial charge < -0.3 is 9.64 Å². The molecule has 0 spiro atoms. The Balaban J connectivity index is 1.55. The smallest absolute Gasteiger partial charge is 0.316 e. The second-order valence-electron chi connectivity index (χ2n) is 6.85. The normalized spacial score (nSPS) is 15.5. The second-order valence-corrected chi connectivity index (χ2v) is 11.0. The average Bonchev–Trinajstić information content (AvgIpc) is 3.19. The highest BCUT2D eigenvalue weighted by Gasteiger charge is 2.25. The fraction of sp³-hybridized carbons (Fsp3) is 0.444. The number of methoxy groups -OCH3 is 1. The second kappa shape index (κ2) is 10.5. The summed E-state index contributed by atoms with van der Waals surface area (Å²) in [6, 6.07) is 6.44. The Morgan fingerprint density at radius 2 is 1.84 bits per heavy atom. The molecule has 1 aromatic heterocycles. The number of anilines is 1. The van der Waals surface area contributed by atoms with E-state index in [0.717, 1.165) is 11.3 Å². The van der Waals surface area contributed by atoms with Crippen LogP contribution in [0.4, 0.5) is 5.13 Å². The zero-order valence-corrected chi connectivity index (χ0v) is 19.6. The Morgan fingerprint density at radius 3 is 2.48 bits per heavy atom. The van der Waals surface area contributed by atoms with E-state index >= 15 is 0 Å². The molecule has 0 bridgehead atoms. The summed E-state index contributed by atoms with van der Waals surface area (Å²) < 4.78 is 31.9. The van der Waals surface area contributed by atoms with Gasteiger partial charge in [0.15, 0.2) is 4.34 Å². The third kappa shape index (κ3) is 6.71. The van der Waals surface area contributed by atoms with Crippen molar-refractivity contribution in [2.45, 2.75) is 10.1 Å². The van der Waals surface area contributed by atoms with Gasteiger partial charge in [0.2, 0.25) is 15.2 Å². The van der Waals surface area contributed by atoms with Crippen molar-refractivity contribution in [2.24, 2.45) is 0 Å². The van der Waals surface area contributed by atoms with Gasteiger partial charge in [-0.3, -0.25) is 14.9 Å². The topological polar surface area (TPSA) is 122 Å². The zero-order chi connectivity index (χ0) is 22.4. The Morgan fingerprint density at radius 1 is 1.16 bits per heavy atom. The van der Waals surface area contributed by atoms with Crippen molar-refractivity contribution < 1.29 is 22.7 Å². The monoisotopic (exact) mass is 485 g/mol. The number of sulfonamides is 1. The molecule has 0 unspecified atom stereocenters. The third-order valence-electron chi connectivity index (χ3n) is 4.59. The largest absolute Gasteiger partial charge is 0.468 e. The number of ether oxygens (including phenoxy) is 1. The molecule has 2 heterocycles. The van der Waals surface area contributed by atoms with E-state index in [1.54, 1.807) is 24.3 Å². The molecule has 0 radical (unpaired) electrons. The van der Waals surface area contributed by atoms with Crippen LogP contribution in [0.2, 0.25) is 0 Å². The Labute approximate surface area is 189 Å². The number of aromatic nitrogens is 2. The lowest BCUT2D eigenvalue weighted by Gasteiger charge is -2.31. The number of amides is 1. The van der Waals surface area contributed by atoms with Crippen molar-refractivity contribution in [3.63, 3.8) is 0 Å². The fourth-order valence-corrected chi connectivity index (χ4v) is 5.88. The number of hydrogen-bond acceptors (Lipinski definition) is 10. The Bertz CT molecular complexity index is 1020. The van der Waals surface area contributed by atoms with Crippen molar-refractivity contribution >= 4 is 50.1 Å². The van der Waals surface area contributed by atoms with Crippen LogP contribution in [-0.4, -0.2) is 85.8 Å². The number of nitrogens with zero attached hydrogens (tertiary/aromatic N) is 4. The van der Waals surface area contributed by atoms with E-state index in [-0.39, 0.29) is 23.4 Å². The Hall–Kier alpha value is -2.06. The first-order chi connectivity index (χ1) is 14.8. The maximum atomic E-state index is 12.6. The lowest BCUT2D eigenvalue weighted by atomic mass is 10.1. The molecule has 1 amide bonds. The van der Waals surface area contributed by atoms with E-state index in [1.165, 1.54) is 23.2 Å². The first-order valence-electron chi connectivity index (χ1n) is 9.36. The van der Waals surface area contributed by atoms with Crippen LogP contribution in [-0.2, 0) is 25.3 Å². The van der Waals surface area contributed by atoms with Crippen molar-refractivity contribution in [1.29, 1.82) is 0 Å². The van der Waals surface area contributed by atoms with Gasteiger partial charge in [-0.05, 0) is 24.7 Å². The van der Waals surface area contributed by atoms with Gasteiger partial charge in [-0.15, -0.1) is 10.2 Å². The molecule has 1 aromatic carbocycles. The van der Waals surface area contributed by atoms with E-state index in [9.17, 15) is 18.0 Å². The third-order valence-corrected chi connectivity index (χ3v) is 8.38. The standard InChI is InChI=1S/C18H23N5O5S3/c1-22-7-9-23(10-8-22)31(26,27)12-13-3-5-14(6-4-13)16(25)19-17-20-21-18(30-17)29-11-15(24)28-2/h3-6H,7-12H2,1-2H3,(H,19,20,25). The molecule has 3 rings (SSSR count). The number of thioether (sulfide) groups is 1. The van der Waals surface area contributed by atoms with Gasteiger partial charge in [0.25, 0.3) is 5.91 Å². The van der Waals surface area contributed by atoms with Crippen molar-refractivity contribution in [3.8, 4) is 0 Å². The lowest BCUT2D eigenvalue weighted by molar-refractivity contribution is -0.137. The highest BCUT2D eigenvalue weighted by atomic mass is 32.2. The van der Waals surface area contributed by atoms with Crippen LogP contribution in [0.3, 0.4) is 0 Å². The molecule has 1 saturated heterocycles. The predicted molar refractivity (Wildman–Crippen MR) is 119 cm³/mol. The van der Waals surface area contributed by atoms with Gasteiger partial charge in [-0.2, -0.15) is 4.31 Å². The molecule has 1 aliphatic heterocycles. The summed E-state index contributed by atoms with van der Waals surface area (Å²) in [7, 11) is -0.121. The van der Waals surface area contributed by atoms with Crippen LogP contribution in [0.5, 0.6) is 0 Å². The van der Waals surface area contributed by atoms with E-state index in [2.05, 4.69) is 25.2 Å². The highest BCUT2D eigenvalue weighted by Crippen LogP contribution is 2.26. The van der Waals surface area contributed by atoms with Gasteiger partial charge in [0.05, 0.1) is 18.6 Å². The van der Waals surface area contributed by atoms with Crippen molar-refractivity contribution in [1.82, 2.24) is 19.4 Å². The number of likely N-dealkylation sites (N-methyl/N-ethyl adjacent to an activating group) is 1. The first-order valence-corrected chi connectivity index (χ1v) is 12.8. The SMILES string of the molecule is COC(=O)CSc1nnc(NC(=O)c2ccc(CS(=O)(=O)N3CCN(C)CC3)cc2)s1. The molecule has 0 atom stereocenters. The maximum absolute atomic E-state index is 12.6. The van der Waals surface area contributed by atoms with Gasteiger partial charge in [-0.25, -0.2) is 8.42 Å². The van der Waals surface area contributed by atoms with Crippen LogP contribution >= 0.6 is 23.1 Å². The number of rotatable bonds is 8. The minimum atomic E-state index is -3.40. The van der Waals surface area contributed by atoms with Gasteiger partial charge in [0, 0.05) is 31.7 Å². The number of carbonyl (C=O) groups is 2. The zero-order valence-electron chi connectivity index (χ0n) is 17.1. The highest BCUT2D eigenvalue weighted by molar-refractivity contribution is 8.01. The summed E-state index contributed by atoms with van der Waals surface area (Å²) in [6.07, 6.45) is 0. The quantitative estimate of drug-likeness (QED) is 0.333. The molecule has 31 heavy (non-hydrogen) atoms. The van der Waals surface area contributed by atoms with Crippen LogP contribution in [0, 0.1) is 0 Å².